The summed E-state index contributed by atoms with van der Waals surface area (Å²) < 4.78 is 65.1. The Bertz CT molecular complexity index is 641. The van der Waals surface area contributed by atoms with Crippen LogP contribution < -0.4 is 10.5 Å². The zero-order valence-corrected chi connectivity index (χ0v) is 13.1. The third kappa shape index (κ3) is 4.13. The fourth-order valence-corrected chi connectivity index (χ4v) is 4.24. The number of sulfonamides is 1. The standard InChI is InChI=1S/C13H16ClF3N2O2S/c14-11-6-1-8(13(15,16)17)7-12(11)22(20,21)19-10-4-2-9(18)3-5-10/h1,6-7,9-10,19H,2-5,18H2. The van der Waals surface area contributed by atoms with Crippen LogP contribution in [0.2, 0.25) is 5.02 Å². The molecule has 2 rings (SSSR count). The molecule has 0 radical (unpaired) electrons. The summed E-state index contributed by atoms with van der Waals surface area (Å²) in [5.74, 6) is 0. The van der Waals surface area contributed by atoms with Crippen molar-refractivity contribution < 1.29 is 21.6 Å². The molecule has 1 saturated carbocycles. The summed E-state index contributed by atoms with van der Waals surface area (Å²) >= 11 is 5.77. The van der Waals surface area contributed by atoms with Gasteiger partial charge in [0.25, 0.3) is 0 Å². The van der Waals surface area contributed by atoms with Crippen LogP contribution in [0.15, 0.2) is 23.1 Å². The highest BCUT2D eigenvalue weighted by Gasteiger charge is 2.33. The van der Waals surface area contributed by atoms with Gasteiger partial charge in [0.15, 0.2) is 0 Å². The molecule has 0 bridgehead atoms. The van der Waals surface area contributed by atoms with E-state index in [1.807, 2.05) is 0 Å². The molecule has 22 heavy (non-hydrogen) atoms. The average Bonchev–Trinajstić information content (AvgIpc) is 2.40. The Labute approximate surface area is 131 Å². The van der Waals surface area contributed by atoms with Gasteiger partial charge in [-0.25, -0.2) is 13.1 Å². The Kier molecular flexibility index (Phi) is 5.06. The first-order chi connectivity index (χ1) is 10.1. The fraction of sp³-hybridized carbons (Fsp3) is 0.538. The van der Waals surface area contributed by atoms with Crippen molar-refractivity contribution in [2.24, 2.45) is 5.73 Å². The predicted molar refractivity (Wildman–Crippen MR) is 77.0 cm³/mol. The first kappa shape index (κ1) is 17.5. The number of nitrogens with two attached hydrogens (primary N) is 1. The van der Waals surface area contributed by atoms with E-state index in [0.29, 0.717) is 31.7 Å². The summed E-state index contributed by atoms with van der Waals surface area (Å²) in [6, 6.07) is 1.95. The second-order valence-corrected chi connectivity index (χ2v) is 7.47. The zero-order valence-electron chi connectivity index (χ0n) is 11.5. The van der Waals surface area contributed by atoms with Crippen molar-refractivity contribution in [2.45, 2.75) is 48.8 Å². The van der Waals surface area contributed by atoms with Gasteiger partial charge in [-0.15, -0.1) is 0 Å². The van der Waals surface area contributed by atoms with Crippen LogP contribution in [-0.4, -0.2) is 20.5 Å². The van der Waals surface area contributed by atoms with Crippen molar-refractivity contribution in [1.29, 1.82) is 0 Å². The molecule has 0 aliphatic heterocycles. The molecule has 1 aromatic rings. The molecule has 0 atom stereocenters. The van der Waals surface area contributed by atoms with E-state index < -0.39 is 26.7 Å². The van der Waals surface area contributed by atoms with Gasteiger partial charge in [-0.1, -0.05) is 11.6 Å². The number of alkyl halides is 3. The largest absolute Gasteiger partial charge is 0.416 e. The van der Waals surface area contributed by atoms with Gasteiger partial charge < -0.3 is 5.73 Å². The molecule has 1 fully saturated rings. The minimum Gasteiger partial charge on any atom is -0.328 e. The maximum Gasteiger partial charge on any atom is 0.416 e. The first-order valence-electron chi connectivity index (χ1n) is 6.74. The van der Waals surface area contributed by atoms with Crippen molar-refractivity contribution in [3.05, 3.63) is 28.8 Å². The quantitative estimate of drug-likeness (QED) is 0.874. The lowest BCUT2D eigenvalue weighted by Crippen LogP contribution is -2.40. The smallest absolute Gasteiger partial charge is 0.328 e. The van der Waals surface area contributed by atoms with Gasteiger partial charge in [-0.2, -0.15) is 13.2 Å². The molecule has 0 aromatic heterocycles. The lowest BCUT2D eigenvalue weighted by Gasteiger charge is -2.26. The summed E-state index contributed by atoms with van der Waals surface area (Å²) in [7, 11) is -4.11. The number of hydrogen-bond acceptors (Lipinski definition) is 3. The van der Waals surface area contributed by atoms with E-state index in [2.05, 4.69) is 4.72 Å². The van der Waals surface area contributed by atoms with Gasteiger partial charge >= 0.3 is 6.18 Å². The lowest BCUT2D eigenvalue weighted by atomic mass is 9.93. The van der Waals surface area contributed by atoms with Crippen LogP contribution in [0.4, 0.5) is 13.2 Å². The van der Waals surface area contributed by atoms with E-state index in [-0.39, 0.29) is 17.1 Å². The maximum absolute atomic E-state index is 12.7. The van der Waals surface area contributed by atoms with Gasteiger partial charge in [-0.3, -0.25) is 0 Å². The summed E-state index contributed by atoms with van der Waals surface area (Å²) in [6.45, 7) is 0. The van der Waals surface area contributed by atoms with Gasteiger partial charge in [0.1, 0.15) is 4.90 Å². The summed E-state index contributed by atoms with van der Waals surface area (Å²) in [5, 5.41) is -0.243. The fourth-order valence-electron chi connectivity index (χ4n) is 2.41. The third-order valence-electron chi connectivity index (χ3n) is 3.64. The van der Waals surface area contributed by atoms with Crippen LogP contribution in [0.1, 0.15) is 31.2 Å². The Morgan fingerprint density at radius 3 is 2.32 bits per heavy atom. The Hall–Kier alpha value is -0.830. The van der Waals surface area contributed by atoms with Crippen LogP contribution in [0.5, 0.6) is 0 Å². The molecule has 0 spiro atoms. The van der Waals surface area contributed by atoms with Crippen LogP contribution in [0.3, 0.4) is 0 Å². The number of hydrogen-bond donors (Lipinski definition) is 2. The van der Waals surface area contributed by atoms with Crippen LogP contribution in [0, 0.1) is 0 Å². The predicted octanol–water partition coefficient (Wildman–Crippen LogP) is 2.91. The average molecular weight is 357 g/mol. The zero-order chi connectivity index (χ0) is 16.5. The summed E-state index contributed by atoms with van der Waals surface area (Å²) in [6.07, 6.45) is -2.19. The minimum absolute atomic E-state index is 0.0397. The molecular formula is C13H16ClF3N2O2S. The van der Waals surface area contributed by atoms with Gasteiger partial charge in [0, 0.05) is 12.1 Å². The van der Waals surface area contributed by atoms with Gasteiger partial charge in [0.05, 0.1) is 10.6 Å². The van der Waals surface area contributed by atoms with E-state index in [1.165, 1.54) is 0 Å². The normalized spacial score (nSPS) is 23.5. The molecule has 0 saturated heterocycles. The molecule has 0 unspecified atom stereocenters. The van der Waals surface area contributed by atoms with Crippen LogP contribution in [-0.2, 0) is 16.2 Å². The topological polar surface area (TPSA) is 72.2 Å². The Balaban J connectivity index is 2.25. The monoisotopic (exact) mass is 356 g/mol. The first-order valence-corrected chi connectivity index (χ1v) is 8.60. The van der Waals surface area contributed by atoms with Crippen LogP contribution in [0.25, 0.3) is 0 Å². The van der Waals surface area contributed by atoms with Gasteiger partial charge in [-0.05, 0) is 43.9 Å². The molecule has 0 heterocycles. The number of rotatable bonds is 3. The highest BCUT2D eigenvalue weighted by atomic mass is 35.5. The van der Waals surface area contributed by atoms with E-state index in [1.54, 1.807) is 0 Å². The molecule has 1 aliphatic carbocycles. The second-order valence-electron chi connectivity index (χ2n) is 5.38. The van der Waals surface area contributed by atoms with Crippen LogP contribution >= 0.6 is 11.6 Å². The van der Waals surface area contributed by atoms with Crippen molar-refractivity contribution in [3.8, 4) is 0 Å². The van der Waals surface area contributed by atoms with E-state index in [4.69, 9.17) is 17.3 Å². The highest BCUT2D eigenvalue weighted by Crippen LogP contribution is 2.33. The SMILES string of the molecule is NC1CCC(NS(=O)(=O)c2cc(C(F)(F)F)ccc2Cl)CC1. The molecular weight excluding hydrogens is 341 g/mol. The molecule has 1 aromatic carbocycles. The highest BCUT2D eigenvalue weighted by molar-refractivity contribution is 7.89. The van der Waals surface area contributed by atoms with Crippen molar-refractivity contribution >= 4 is 21.6 Å². The van der Waals surface area contributed by atoms with E-state index >= 15 is 0 Å². The number of benzene rings is 1. The van der Waals surface area contributed by atoms with E-state index in [0.717, 1.165) is 12.1 Å². The van der Waals surface area contributed by atoms with Crippen molar-refractivity contribution in [1.82, 2.24) is 4.72 Å². The minimum atomic E-state index is -4.63. The van der Waals surface area contributed by atoms with Crippen molar-refractivity contribution in [3.63, 3.8) is 0 Å². The summed E-state index contributed by atoms with van der Waals surface area (Å²) in [4.78, 5) is -0.557. The number of halogens is 4. The Morgan fingerprint density at radius 2 is 1.77 bits per heavy atom. The molecule has 1 aliphatic rings. The lowest BCUT2D eigenvalue weighted by molar-refractivity contribution is -0.137. The Morgan fingerprint density at radius 1 is 1.18 bits per heavy atom. The molecule has 3 N–H and O–H groups in total. The maximum atomic E-state index is 12.7. The van der Waals surface area contributed by atoms with Crippen molar-refractivity contribution in [2.75, 3.05) is 0 Å². The summed E-state index contributed by atoms with van der Waals surface area (Å²) in [5.41, 5.74) is 4.69. The van der Waals surface area contributed by atoms with E-state index in [9.17, 15) is 21.6 Å². The second kappa shape index (κ2) is 6.35. The van der Waals surface area contributed by atoms with Gasteiger partial charge in [0.2, 0.25) is 10.0 Å². The molecule has 9 heteroatoms. The third-order valence-corrected chi connectivity index (χ3v) is 5.64. The molecule has 124 valence electrons. The molecule has 4 nitrogen and oxygen atoms in total. The number of nitrogens with one attached hydrogen (secondary N) is 1. The molecule has 0 amide bonds.